The van der Waals surface area contributed by atoms with Gasteiger partial charge in [-0.3, -0.25) is 9.78 Å². The number of hydrogen-bond acceptors (Lipinski definition) is 6. The monoisotopic (exact) mass is 434 g/mol. The molecule has 156 valence electrons. The Hall–Kier alpha value is -3.31. The van der Waals surface area contributed by atoms with Gasteiger partial charge in [0.25, 0.3) is 0 Å². The fourth-order valence-electron chi connectivity index (χ4n) is 3.32. The Kier molecular flexibility index (Phi) is 4.79. The van der Waals surface area contributed by atoms with Gasteiger partial charge in [-0.2, -0.15) is 0 Å². The minimum atomic E-state index is -4.28. The van der Waals surface area contributed by atoms with Gasteiger partial charge in [0.05, 0.1) is 48.2 Å². The van der Waals surface area contributed by atoms with Crippen LogP contribution in [0.3, 0.4) is 0 Å². The largest absolute Gasteiger partial charge is 0.497 e. The van der Waals surface area contributed by atoms with E-state index in [0.717, 1.165) is 0 Å². The quantitative estimate of drug-likeness (QED) is 0.650. The molecule has 1 amide bonds. The maximum atomic E-state index is 14.6. The van der Waals surface area contributed by atoms with Crippen LogP contribution in [-0.4, -0.2) is 33.0 Å². The third kappa shape index (κ3) is 3.42. The molecule has 30 heavy (non-hydrogen) atoms. The van der Waals surface area contributed by atoms with Crippen molar-refractivity contribution in [3.63, 3.8) is 0 Å². The smallest absolute Gasteiger partial charge is 0.246 e. The van der Waals surface area contributed by atoms with E-state index in [1.54, 1.807) is 18.2 Å². The molecule has 1 aromatic heterocycles. The first kappa shape index (κ1) is 20.0. The van der Waals surface area contributed by atoms with Gasteiger partial charge in [0, 0.05) is 17.0 Å². The molecule has 0 atom stereocenters. The molecule has 2 heterocycles. The Bertz CT molecular complexity index is 1270. The van der Waals surface area contributed by atoms with Crippen molar-refractivity contribution in [2.45, 2.75) is 11.4 Å². The fourth-order valence-corrected chi connectivity index (χ4v) is 3.85. The van der Waals surface area contributed by atoms with Crippen molar-refractivity contribution in [2.24, 2.45) is 5.14 Å². The summed E-state index contributed by atoms with van der Waals surface area (Å²) in [6.45, 7) is -0.532. The van der Waals surface area contributed by atoms with Gasteiger partial charge in [-0.05, 0) is 24.3 Å². The number of nitrogens with one attached hydrogen (secondary N) is 1. The van der Waals surface area contributed by atoms with Crippen LogP contribution in [-0.2, 0) is 21.4 Å². The number of carbonyl (C=O) groups is 1. The average Bonchev–Trinajstić information content (AvgIpc) is 2.70. The first-order chi connectivity index (χ1) is 14.2. The molecule has 0 aliphatic carbocycles. The van der Waals surface area contributed by atoms with Crippen LogP contribution in [0.25, 0.3) is 10.9 Å². The van der Waals surface area contributed by atoms with Crippen LogP contribution in [0.1, 0.15) is 5.56 Å². The summed E-state index contributed by atoms with van der Waals surface area (Å²) in [5.74, 6) is -2.09. The summed E-state index contributed by atoms with van der Waals surface area (Å²) in [6, 6.07) is 6.33. The molecule has 0 spiro atoms. The zero-order chi connectivity index (χ0) is 21.6. The Labute approximate surface area is 170 Å². The maximum Gasteiger partial charge on any atom is 0.246 e. The van der Waals surface area contributed by atoms with Crippen LogP contribution < -0.4 is 20.1 Å². The van der Waals surface area contributed by atoms with Gasteiger partial charge >= 0.3 is 0 Å². The van der Waals surface area contributed by atoms with Crippen molar-refractivity contribution in [1.82, 2.24) is 4.98 Å². The molecule has 1 aliphatic rings. The number of benzene rings is 2. The molecule has 1 aliphatic heterocycles. The molecule has 0 saturated carbocycles. The number of anilines is 2. The van der Waals surface area contributed by atoms with Crippen LogP contribution in [0.5, 0.6) is 5.75 Å². The topological polar surface area (TPSA) is 115 Å². The summed E-state index contributed by atoms with van der Waals surface area (Å²) in [7, 11) is -2.78. The maximum absolute atomic E-state index is 14.6. The number of ether oxygens (including phenoxy) is 1. The number of amides is 1. The molecule has 3 N–H and O–H groups in total. The highest BCUT2D eigenvalue weighted by atomic mass is 32.2. The lowest BCUT2D eigenvalue weighted by Gasteiger charge is -2.31. The van der Waals surface area contributed by atoms with E-state index in [9.17, 15) is 22.0 Å². The van der Waals surface area contributed by atoms with Crippen molar-refractivity contribution < 1.29 is 26.7 Å². The Morgan fingerprint density at radius 3 is 2.57 bits per heavy atom. The number of nitrogens with two attached hydrogens (primary N) is 1. The second kappa shape index (κ2) is 7.18. The highest BCUT2D eigenvalue weighted by Crippen LogP contribution is 2.38. The van der Waals surface area contributed by atoms with Crippen molar-refractivity contribution in [3.05, 3.63) is 53.7 Å². The van der Waals surface area contributed by atoms with Crippen LogP contribution in [0.4, 0.5) is 20.2 Å². The number of fused-ring (bicyclic) bond motifs is 3. The Morgan fingerprint density at radius 2 is 1.93 bits per heavy atom. The standard InChI is InChI=1S/C19H16F2N4O4S/c1-29-10-2-3-12-16(4-10)23-7-17-19(12)25(18(26)8-24-17)9-13-14(20)5-11(6-15(13)21)30(22,27)28/h2-7,24H,8-9H2,1H3,(H2,22,27,28). The van der Waals surface area contributed by atoms with E-state index in [0.29, 0.717) is 40.2 Å². The highest BCUT2D eigenvalue weighted by molar-refractivity contribution is 7.89. The number of nitrogens with zero attached hydrogens (tertiary/aromatic N) is 2. The average molecular weight is 434 g/mol. The minimum absolute atomic E-state index is 0.0885. The molecule has 0 fully saturated rings. The summed E-state index contributed by atoms with van der Waals surface area (Å²) in [5, 5.41) is 8.47. The van der Waals surface area contributed by atoms with Crippen LogP contribution >= 0.6 is 0 Å². The van der Waals surface area contributed by atoms with E-state index in [-0.39, 0.29) is 6.54 Å². The molecule has 0 radical (unpaired) electrons. The molecule has 11 heteroatoms. The molecule has 0 unspecified atom stereocenters. The molecular weight excluding hydrogens is 418 g/mol. The number of pyridine rings is 1. The van der Waals surface area contributed by atoms with E-state index < -0.39 is 44.6 Å². The third-order valence-electron chi connectivity index (χ3n) is 4.81. The molecule has 4 rings (SSSR count). The summed E-state index contributed by atoms with van der Waals surface area (Å²) in [4.78, 5) is 17.5. The summed E-state index contributed by atoms with van der Waals surface area (Å²) >= 11 is 0. The predicted octanol–water partition coefficient (Wildman–Crippen LogP) is 2.13. The van der Waals surface area contributed by atoms with Gasteiger partial charge in [-0.15, -0.1) is 0 Å². The van der Waals surface area contributed by atoms with E-state index >= 15 is 0 Å². The Morgan fingerprint density at radius 1 is 1.23 bits per heavy atom. The lowest BCUT2D eigenvalue weighted by Crippen LogP contribution is -2.40. The number of rotatable bonds is 4. The first-order valence-corrected chi connectivity index (χ1v) is 10.3. The first-order valence-electron chi connectivity index (χ1n) is 8.70. The minimum Gasteiger partial charge on any atom is -0.497 e. The van der Waals surface area contributed by atoms with Crippen LogP contribution in [0.15, 0.2) is 41.4 Å². The van der Waals surface area contributed by atoms with Crippen molar-refractivity contribution in [1.29, 1.82) is 0 Å². The number of aromatic nitrogens is 1. The lowest BCUT2D eigenvalue weighted by molar-refractivity contribution is -0.117. The second-order valence-electron chi connectivity index (χ2n) is 6.65. The number of carbonyl (C=O) groups excluding carboxylic acids is 1. The molecule has 0 bridgehead atoms. The van der Waals surface area contributed by atoms with Gasteiger partial charge in [0.2, 0.25) is 15.9 Å². The van der Waals surface area contributed by atoms with E-state index in [4.69, 9.17) is 9.88 Å². The van der Waals surface area contributed by atoms with Crippen molar-refractivity contribution in [3.8, 4) is 5.75 Å². The van der Waals surface area contributed by atoms with Gasteiger partial charge in [0.1, 0.15) is 17.4 Å². The van der Waals surface area contributed by atoms with Crippen molar-refractivity contribution >= 4 is 38.2 Å². The van der Waals surface area contributed by atoms with E-state index in [2.05, 4.69) is 10.3 Å². The van der Waals surface area contributed by atoms with Gasteiger partial charge in [-0.25, -0.2) is 22.3 Å². The number of halogens is 2. The molecule has 3 aromatic rings. The number of sulfonamides is 1. The molecule has 8 nitrogen and oxygen atoms in total. The SMILES string of the molecule is COc1ccc2c3c(cnc2c1)NCC(=O)N3Cc1c(F)cc(S(N)(=O)=O)cc1F. The number of methoxy groups -OCH3 is 1. The summed E-state index contributed by atoms with van der Waals surface area (Å²) in [5.41, 5.74) is 1.00. The normalized spacial score (nSPS) is 13.9. The Balaban J connectivity index is 1.84. The van der Waals surface area contributed by atoms with Crippen LogP contribution in [0.2, 0.25) is 0 Å². The second-order valence-corrected chi connectivity index (χ2v) is 8.21. The van der Waals surface area contributed by atoms with Gasteiger partial charge < -0.3 is 15.0 Å². The lowest BCUT2D eigenvalue weighted by atomic mass is 10.1. The van der Waals surface area contributed by atoms with Gasteiger partial charge in [0.15, 0.2) is 0 Å². The summed E-state index contributed by atoms with van der Waals surface area (Å²) in [6.07, 6.45) is 1.52. The third-order valence-corrected chi connectivity index (χ3v) is 5.70. The van der Waals surface area contributed by atoms with Gasteiger partial charge in [-0.1, -0.05) is 0 Å². The zero-order valence-electron chi connectivity index (χ0n) is 15.6. The highest BCUT2D eigenvalue weighted by Gasteiger charge is 2.29. The van der Waals surface area contributed by atoms with E-state index in [1.807, 2.05) is 0 Å². The fraction of sp³-hybridized carbons (Fsp3) is 0.158. The molecule has 0 saturated heterocycles. The number of primary sulfonamides is 1. The molecule has 2 aromatic carbocycles. The van der Waals surface area contributed by atoms with Crippen molar-refractivity contribution in [2.75, 3.05) is 23.9 Å². The van der Waals surface area contributed by atoms with E-state index in [1.165, 1.54) is 18.2 Å². The summed E-state index contributed by atoms with van der Waals surface area (Å²) < 4.78 is 57.1. The predicted molar refractivity (Wildman–Crippen MR) is 106 cm³/mol. The zero-order valence-corrected chi connectivity index (χ0v) is 16.5. The van der Waals surface area contributed by atoms with Crippen LogP contribution in [0, 0.1) is 11.6 Å². The number of hydrogen-bond donors (Lipinski definition) is 2. The molecular formula is C19H16F2N4O4S.